The van der Waals surface area contributed by atoms with Gasteiger partial charge >= 0.3 is 0 Å². The molecule has 0 radical (unpaired) electrons. The van der Waals surface area contributed by atoms with Crippen molar-refractivity contribution < 1.29 is 4.74 Å². The number of nitrogens with two attached hydrogens (primary N) is 1. The highest BCUT2D eigenvalue weighted by Crippen LogP contribution is 2.25. The molecule has 0 spiro atoms. The van der Waals surface area contributed by atoms with E-state index in [1.54, 1.807) is 12.3 Å². The van der Waals surface area contributed by atoms with Crippen LogP contribution in [0.15, 0.2) is 48.7 Å². The number of hydrogen-bond acceptors (Lipinski definition) is 4. The smallest absolute Gasteiger partial charge is 0.238 e. The molecule has 0 amide bonds. The van der Waals surface area contributed by atoms with E-state index in [0.717, 1.165) is 28.0 Å². The minimum Gasteiger partial charge on any atom is -0.437 e. The van der Waals surface area contributed by atoms with Gasteiger partial charge in [0.05, 0.1) is 17.2 Å². The standard InChI is InChI=1S/C15H13N3O/c1-10-8-11(16)6-7-14(10)19-15-9-17-12-4-2-3-5-13(12)18-15/h2-9H,16H2,1H3. The molecule has 2 N–H and O–H groups in total. The molecule has 0 atom stereocenters. The quantitative estimate of drug-likeness (QED) is 0.710. The van der Waals surface area contributed by atoms with Crippen LogP contribution >= 0.6 is 0 Å². The second kappa shape index (κ2) is 4.57. The summed E-state index contributed by atoms with van der Waals surface area (Å²) in [5.41, 5.74) is 9.06. The van der Waals surface area contributed by atoms with E-state index in [1.807, 2.05) is 43.3 Å². The molecule has 0 bridgehead atoms. The van der Waals surface area contributed by atoms with E-state index >= 15 is 0 Å². The summed E-state index contributed by atoms with van der Waals surface area (Å²) in [5.74, 6) is 1.21. The van der Waals surface area contributed by atoms with Crippen LogP contribution in [0.4, 0.5) is 5.69 Å². The number of aromatic nitrogens is 2. The summed E-state index contributed by atoms with van der Waals surface area (Å²) in [4.78, 5) is 8.73. The highest BCUT2D eigenvalue weighted by atomic mass is 16.5. The number of aryl methyl sites for hydroxylation is 1. The summed E-state index contributed by atoms with van der Waals surface area (Å²) < 4.78 is 5.74. The zero-order valence-electron chi connectivity index (χ0n) is 10.5. The van der Waals surface area contributed by atoms with Crippen molar-refractivity contribution in [2.24, 2.45) is 0 Å². The Hall–Kier alpha value is -2.62. The Balaban J connectivity index is 1.96. The van der Waals surface area contributed by atoms with Gasteiger partial charge in [0.15, 0.2) is 0 Å². The zero-order valence-corrected chi connectivity index (χ0v) is 10.5. The van der Waals surface area contributed by atoms with Crippen LogP contribution < -0.4 is 10.5 Å². The van der Waals surface area contributed by atoms with E-state index in [1.165, 1.54) is 0 Å². The molecular weight excluding hydrogens is 238 g/mol. The SMILES string of the molecule is Cc1cc(N)ccc1Oc1cnc2ccccc2n1. The van der Waals surface area contributed by atoms with Gasteiger partial charge in [-0.1, -0.05) is 12.1 Å². The van der Waals surface area contributed by atoms with Crippen LogP contribution in [0.1, 0.15) is 5.56 Å². The molecule has 0 fully saturated rings. The Bertz CT molecular complexity index is 740. The van der Waals surface area contributed by atoms with Crippen LogP contribution in [0.2, 0.25) is 0 Å². The van der Waals surface area contributed by atoms with E-state index in [2.05, 4.69) is 9.97 Å². The third-order valence-corrected chi connectivity index (χ3v) is 2.84. The van der Waals surface area contributed by atoms with E-state index in [4.69, 9.17) is 10.5 Å². The van der Waals surface area contributed by atoms with Gasteiger partial charge in [-0.25, -0.2) is 9.97 Å². The van der Waals surface area contributed by atoms with Crippen LogP contribution in [0.5, 0.6) is 11.6 Å². The van der Waals surface area contributed by atoms with E-state index in [0.29, 0.717) is 5.88 Å². The number of hydrogen-bond donors (Lipinski definition) is 1. The average Bonchev–Trinajstić information content (AvgIpc) is 2.42. The van der Waals surface area contributed by atoms with E-state index < -0.39 is 0 Å². The third-order valence-electron chi connectivity index (χ3n) is 2.84. The second-order valence-corrected chi connectivity index (χ2v) is 4.32. The monoisotopic (exact) mass is 251 g/mol. The minimum absolute atomic E-state index is 0.478. The number of ether oxygens (including phenoxy) is 1. The molecule has 4 heteroatoms. The number of rotatable bonds is 2. The van der Waals surface area contributed by atoms with Crippen molar-refractivity contribution in [1.29, 1.82) is 0 Å². The summed E-state index contributed by atoms with van der Waals surface area (Å²) in [6.07, 6.45) is 1.62. The molecule has 0 saturated carbocycles. The molecular formula is C15H13N3O. The first kappa shape index (κ1) is 11.5. The third kappa shape index (κ3) is 2.33. The summed E-state index contributed by atoms with van der Waals surface area (Å²) in [6.45, 7) is 1.94. The first-order valence-electron chi connectivity index (χ1n) is 5.98. The van der Waals surface area contributed by atoms with Crippen molar-refractivity contribution >= 4 is 16.7 Å². The predicted octanol–water partition coefficient (Wildman–Crippen LogP) is 3.31. The Morgan fingerprint density at radius 2 is 1.84 bits per heavy atom. The molecule has 3 rings (SSSR count). The molecule has 94 valence electrons. The van der Waals surface area contributed by atoms with Gasteiger partial charge in [0.2, 0.25) is 5.88 Å². The lowest BCUT2D eigenvalue weighted by Gasteiger charge is -2.08. The van der Waals surface area contributed by atoms with Crippen LogP contribution in [0.25, 0.3) is 11.0 Å². The summed E-state index contributed by atoms with van der Waals surface area (Å²) in [5, 5.41) is 0. The lowest BCUT2D eigenvalue weighted by molar-refractivity contribution is 0.459. The van der Waals surface area contributed by atoms with E-state index in [-0.39, 0.29) is 0 Å². The van der Waals surface area contributed by atoms with Crippen LogP contribution in [0.3, 0.4) is 0 Å². The highest BCUT2D eigenvalue weighted by molar-refractivity contribution is 5.74. The van der Waals surface area contributed by atoms with Gasteiger partial charge in [-0.2, -0.15) is 0 Å². The van der Waals surface area contributed by atoms with Crippen LogP contribution in [-0.2, 0) is 0 Å². The Morgan fingerprint density at radius 3 is 2.63 bits per heavy atom. The molecule has 4 nitrogen and oxygen atoms in total. The maximum absolute atomic E-state index is 5.74. The first-order chi connectivity index (χ1) is 9.22. The number of fused-ring (bicyclic) bond motifs is 1. The molecule has 19 heavy (non-hydrogen) atoms. The minimum atomic E-state index is 0.478. The summed E-state index contributed by atoms with van der Waals surface area (Å²) >= 11 is 0. The van der Waals surface area contributed by atoms with Gasteiger partial charge in [-0.05, 0) is 42.8 Å². The van der Waals surface area contributed by atoms with Crippen molar-refractivity contribution in [3.05, 3.63) is 54.2 Å². The molecule has 0 saturated heterocycles. The molecule has 1 heterocycles. The normalized spacial score (nSPS) is 10.6. The molecule has 3 aromatic rings. The zero-order chi connectivity index (χ0) is 13.2. The number of anilines is 1. The fourth-order valence-electron chi connectivity index (χ4n) is 1.89. The topological polar surface area (TPSA) is 61.0 Å². The van der Waals surface area contributed by atoms with Crippen LogP contribution in [0, 0.1) is 6.92 Å². The van der Waals surface area contributed by atoms with Gasteiger partial charge in [0, 0.05) is 5.69 Å². The number of nitrogen functional groups attached to an aromatic ring is 1. The van der Waals surface area contributed by atoms with Gasteiger partial charge in [0.25, 0.3) is 0 Å². The fraction of sp³-hybridized carbons (Fsp3) is 0.0667. The lowest BCUT2D eigenvalue weighted by atomic mass is 10.2. The Kier molecular flexibility index (Phi) is 2.76. The Morgan fingerprint density at radius 1 is 1.05 bits per heavy atom. The number of benzene rings is 2. The summed E-state index contributed by atoms with van der Waals surface area (Å²) in [7, 11) is 0. The molecule has 0 unspecified atom stereocenters. The molecule has 1 aromatic heterocycles. The second-order valence-electron chi connectivity index (χ2n) is 4.32. The van der Waals surface area contributed by atoms with Crippen molar-refractivity contribution in [1.82, 2.24) is 9.97 Å². The van der Waals surface area contributed by atoms with Crippen molar-refractivity contribution in [2.75, 3.05) is 5.73 Å². The van der Waals surface area contributed by atoms with E-state index in [9.17, 15) is 0 Å². The van der Waals surface area contributed by atoms with Crippen molar-refractivity contribution in [3.63, 3.8) is 0 Å². The molecule has 2 aromatic carbocycles. The maximum atomic E-state index is 5.74. The van der Waals surface area contributed by atoms with Crippen molar-refractivity contribution in [3.8, 4) is 11.6 Å². The number of nitrogens with zero attached hydrogens (tertiary/aromatic N) is 2. The molecule has 0 aliphatic carbocycles. The van der Waals surface area contributed by atoms with Crippen LogP contribution in [-0.4, -0.2) is 9.97 Å². The number of para-hydroxylation sites is 2. The molecule has 0 aliphatic rings. The average molecular weight is 251 g/mol. The fourth-order valence-corrected chi connectivity index (χ4v) is 1.89. The summed E-state index contributed by atoms with van der Waals surface area (Å²) in [6, 6.07) is 13.2. The van der Waals surface area contributed by atoms with Gasteiger partial charge in [-0.3, -0.25) is 0 Å². The highest BCUT2D eigenvalue weighted by Gasteiger charge is 2.04. The first-order valence-corrected chi connectivity index (χ1v) is 5.98. The lowest BCUT2D eigenvalue weighted by Crippen LogP contribution is -1.93. The Labute approximate surface area is 110 Å². The largest absolute Gasteiger partial charge is 0.437 e. The molecule has 0 aliphatic heterocycles. The predicted molar refractivity (Wildman–Crippen MR) is 75.2 cm³/mol. The van der Waals surface area contributed by atoms with Gasteiger partial charge in [-0.15, -0.1) is 0 Å². The van der Waals surface area contributed by atoms with Crippen molar-refractivity contribution in [2.45, 2.75) is 6.92 Å². The van der Waals surface area contributed by atoms with Gasteiger partial charge in [0.1, 0.15) is 5.75 Å². The maximum Gasteiger partial charge on any atom is 0.238 e. The van der Waals surface area contributed by atoms with Gasteiger partial charge < -0.3 is 10.5 Å².